The Bertz CT molecular complexity index is 1310. The first-order valence-electron chi connectivity index (χ1n) is 11.0. The zero-order chi connectivity index (χ0) is 27.0. The van der Waals surface area contributed by atoms with E-state index in [0.717, 1.165) is 0 Å². The van der Waals surface area contributed by atoms with E-state index in [1.165, 1.54) is 11.0 Å². The molecule has 7 N–H and O–H groups in total. The lowest BCUT2D eigenvalue weighted by Gasteiger charge is -2.50. The highest BCUT2D eigenvalue weighted by Gasteiger charge is 2.63. The Balaban J connectivity index is 2.01. The fourth-order valence-corrected chi connectivity index (χ4v) is 5.83. The number of hydrogen-bond donors (Lipinski definition) is 6. The van der Waals surface area contributed by atoms with E-state index in [4.69, 9.17) is 5.73 Å². The van der Waals surface area contributed by atoms with Gasteiger partial charge in [0.05, 0.1) is 16.5 Å². The highest BCUT2D eigenvalue weighted by atomic mass is 16.6. The molecule has 0 saturated heterocycles. The molecule has 1 amide bonds. The third-order valence-electron chi connectivity index (χ3n) is 7.37. The minimum absolute atomic E-state index is 0.0557. The molecule has 0 bridgehead atoms. The topological polar surface area (TPSA) is 205 Å². The van der Waals surface area contributed by atoms with Gasteiger partial charge < -0.3 is 31.1 Å². The fourth-order valence-electron chi connectivity index (χ4n) is 5.83. The number of carbonyl (C=O) groups excluding carboxylic acids is 3. The second-order valence-electron chi connectivity index (χ2n) is 9.75. The van der Waals surface area contributed by atoms with Crippen molar-refractivity contribution in [2.45, 2.75) is 24.5 Å². The van der Waals surface area contributed by atoms with Crippen molar-refractivity contribution in [3.63, 3.8) is 0 Å². The van der Waals surface area contributed by atoms with Gasteiger partial charge in [-0.25, -0.2) is 5.21 Å². The van der Waals surface area contributed by atoms with Crippen molar-refractivity contribution in [1.82, 2.24) is 4.90 Å². The molecule has 0 spiro atoms. The Hall–Kier alpha value is -3.97. The van der Waals surface area contributed by atoms with Crippen LogP contribution in [0.4, 0.5) is 11.4 Å². The summed E-state index contributed by atoms with van der Waals surface area (Å²) in [5.41, 5.74) is 0.992. The number of carbonyl (C=O) groups is 3. The third kappa shape index (κ3) is 3.12. The average molecular weight is 503 g/mol. The number of phenols is 1. The second kappa shape index (κ2) is 8.03. The number of benzene rings is 1. The summed E-state index contributed by atoms with van der Waals surface area (Å²) in [6, 6.07) is 0.116. The minimum Gasteiger partial charge on any atom is -0.510 e. The number of ketones is 2. The third-order valence-corrected chi connectivity index (χ3v) is 7.37. The molecule has 13 nitrogen and oxygen atoms in total. The van der Waals surface area contributed by atoms with Crippen LogP contribution in [0.15, 0.2) is 28.7 Å². The quantitative estimate of drug-likeness (QED) is 0.238. The molecule has 0 heterocycles. The summed E-state index contributed by atoms with van der Waals surface area (Å²) in [6.45, 7) is 0. The van der Waals surface area contributed by atoms with Gasteiger partial charge in [0.15, 0.2) is 11.4 Å². The van der Waals surface area contributed by atoms with E-state index in [1.807, 2.05) is 0 Å². The summed E-state index contributed by atoms with van der Waals surface area (Å²) in [7, 11) is 6.35. The Labute approximate surface area is 204 Å². The highest BCUT2D eigenvalue weighted by Crippen LogP contribution is 2.54. The molecule has 4 atom stereocenters. The maximum absolute atomic E-state index is 13.7. The Morgan fingerprint density at radius 2 is 1.78 bits per heavy atom. The van der Waals surface area contributed by atoms with E-state index < -0.39 is 74.4 Å². The van der Waals surface area contributed by atoms with Gasteiger partial charge in [-0.1, -0.05) is 0 Å². The number of nitrogens with two attached hydrogens (primary N) is 1. The van der Waals surface area contributed by atoms with E-state index in [9.17, 15) is 44.9 Å². The lowest BCUT2D eigenvalue weighted by molar-refractivity contribution is -0.730. The van der Waals surface area contributed by atoms with E-state index >= 15 is 0 Å². The summed E-state index contributed by atoms with van der Waals surface area (Å²) >= 11 is 0. The molecule has 3 aliphatic carbocycles. The van der Waals surface area contributed by atoms with E-state index in [1.54, 1.807) is 33.1 Å². The van der Waals surface area contributed by atoms with Gasteiger partial charge in [0.2, 0.25) is 11.5 Å². The van der Waals surface area contributed by atoms with Crippen molar-refractivity contribution < 1.29 is 44.9 Å². The van der Waals surface area contributed by atoms with Crippen LogP contribution in [0.3, 0.4) is 0 Å². The molecule has 13 heteroatoms. The SMILES string of the molecule is CN(C)c1cc([N+](=O)O)c(O)c2c1C[C@H]1C[C@H]3[C@H](N(C)C)C(O)=C(C(N)=O)C(=O)[C@@]3(O)C(O)=C1C2=O. The number of fused-ring (bicyclic) bond motifs is 3. The Morgan fingerprint density at radius 1 is 1.17 bits per heavy atom. The maximum atomic E-state index is 13.7. The molecule has 192 valence electrons. The summed E-state index contributed by atoms with van der Waals surface area (Å²) in [6.07, 6.45) is -0.00496. The van der Waals surface area contributed by atoms with Crippen LogP contribution < -0.4 is 10.6 Å². The summed E-state index contributed by atoms with van der Waals surface area (Å²) < 4.78 is 0. The van der Waals surface area contributed by atoms with Crippen molar-refractivity contribution in [3.05, 3.63) is 44.8 Å². The minimum atomic E-state index is -2.76. The lowest BCUT2D eigenvalue weighted by atomic mass is 9.58. The van der Waals surface area contributed by atoms with Gasteiger partial charge in [-0.2, -0.15) is 0 Å². The number of amides is 1. The first kappa shape index (κ1) is 25.1. The fraction of sp³-hybridized carbons (Fsp3) is 0.435. The molecule has 0 saturated carbocycles. The van der Waals surface area contributed by atoms with Crippen LogP contribution in [0.2, 0.25) is 0 Å². The average Bonchev–Trinajstić information content (AvgIpc) is 2.75. The number of aliphatic hydroxyl groups excluding tert-OH is 2. The van der Waals surface area contributed by atoms with Gasteiger partial charge >= 0.3 is 5.69 Å². The molecule has 0 radical (unpaired) electrons. The van der Waals surface area contributed by atoms with E-state index in [2.05, 4.69) is 0 Å². The summed E-state index contributed by atoms with van der Waals surface area (Å²) in [4.78, 5) is 53.0. The van der Waals surface area contributed by atoms with Crippen LogP contribution in [-0.4, -0.2) is 92.8 Å². The number of rotatable bonds is 4. The number of Topliss-reactive ketones (excluding diaryl/α,β-unsaturated/α-hetero) is 2. The second-order valence-corrected chi connectivity index (χ2v) is 9.75. The zero-order valence-corrected chi connectivity index (χ0v) is 20.0. The van der Waals surface area contributed by atoms with Gasteiger partial charge in [0.1, 0.15) is 17.1 Å². The summed E-state index contributed by atoms with van der Waals surface area (Å²) in [5, 5.41) is 53.8. The van der Waals surface area contributed by atoms with E-state index in [0.29, 0.717) is 11.3 Å². The predicted octanol–water partition coefficient (Wildman–Crippen LogP) is -0.0138. The van der Waals surface area contributed by atoms with Crippen molar-refractivity contribution in [2.24, 2.45) is 17.6 Å². The number of anilines is 1. The number of aromatic hydroxyl groups is 1. The molecule has 0 aliphatic heterocycles. The van der Waals surface area contributed by atoms with Crippen LogP contribution in [0.5, 0.6) is 5.75 Å². The standard InChI is InChI=1S/C23H26N4O9/c1-25(2)11-7-12(27(35)36)17(28)14-9(11)5-8-6-10-16(26(3)4)19(30)15(22(24)33)21(32)23(10,34)20(31)13(8)18(14)29/h7-8,10,16,34H,5-6H2,1-4H3,(H5-,24,28,29,30,31,32,33,35,36)/p+1/t8-,10-,16-,23-/m0/s1. The monoisotopic (exact) mass is 503 g/mol. The van der Waals surface area contributed by atoms with Crippen molar-refractivity contribution >= 4 is 28.8 Å². The first-order valence-corrected chi connectivity index (χ1v) is 11.0. The lowest BCUT2D eigenvalue weighted by Crippen LogP contribution is -2.63. The largest absolute Gasteiger partial charge is 0.510 e. The molecule has 0 aromatic heterocycles. The predicted molar refractivity (Wildman–Crippen MR) is 123 cm³/mol. The van der Waals surface area contributed by atoms with Crippen LogP contribution in [0, 0.1) is 16.7 Å². The van der Waals surface area contributed by atoms with Gasteiger partial charge in [-0.15, -0.1) is 0 Å². The number of nitrogens with zero attached hydrogens (tertiary/aromatic N) is 3. The normalized spacial score (nSPS) is 27.6. The van der Waals surface area contributed by atoms with Crippen LogP contribution in [0.1, 0.15) is 22.3 Å². The van der Waals surface area contributed by atoms with E-state index in [-0.39, 0.29) is 24.0 Å². The highest BCUT2D eigenvalue weighted by molar-refractivity contribution is 6.25. The van der Waals surface area contributed by atoms with Crippen molar-refractivity contribution in [1.29, 1.82) is 0 Å². The molecule has 1 aromatic carbocycles. The van der Waals surface area contributed by atoms with Crippen molar-refractivity contribution in [2.75, 3.05) is 33.1 Å². The molecule has 4 rings (SSSR count). The number of aliphatic hydroxyl groups is 3. The molecule has 36 heavy (non-hydrogen) atoms. The molecule has 0 fully saturated rings. The number of primary amides is 1. The number of likely N-dealkylation sites (N-methyl/N-ethyl adjacent to an activating group) is 1. The Morgan fingerprint density at radius 3 is 2.28 bits per heavy atom. The van der Waals surface area contributed by atoms with Crippen molar-refractivity contribution in [3.8, 4) is 5.75 Å². The smallest absolute Gasteiger partial charge is 0.360 e. The number of allylic oxidation sites excluding steroid dienone is 1. The van der Waals surface area contributed by atoms with Gasteiger partial charge in [0, 0.05) is 37.3 Å². The molecule has 1 aromatic rings. The van der Waals surface area contributed by atoms with Crippen LogP contribution >= 0.6 is 0 Å². The molecular formula is C23H27N4O9+. The van der Waals surface area contributed by atoms with Gasteiger partial charge in [-0.3, -0.25) is 19.3 Å². The van der Waals surface area contributed by atoms with Crippen LogP contribution in [-0.2, 0) is 16.0 Å². The Kier molecular flexibility index (Phi) is 5.61. The zero-order valence-electron chi connectivity index (χ0n) is 20.0. The summed E-state index contributed by atoms with van der Waals surface area (Å²) in [5.74, 6) is -8.00. The van der Waals surface area contributed by atoms with Gasteiger partial charge in [0.25, 0.3) is 10.8 Å². The first-order chi connectivity index (χ1) is 16.7. The number of phenolic OH excluding ortho intramolecular Hbond substituents is 1. The maximum Gasteiger partial charge on any atom is 0.360 e. The molecular weight excluding hydrogens is 476 g/mol. The molecule has 0 unspecified atom stereocenters. The van der Waals surface area contributed by atoms with Gasteiger partial charge in [-0.05, 0) is 38.4 Å². The number of hydrogen-bond acceptors (Lipinski definition) is 10. The van der Waals surface area contributed by atoms with Crippen LogP contribution in [0.25, 0.3) is 0 Å². The molecule has 3 aliphatic rings.